The number of thiophene rings is 1. The highest BCUT2D eigenvalue weighted by molar-refractivity contribution is 7.17. The third-order valence-corrected chi connectivity index (χ3v) is 6.70. The number of likely N-dealkylation sites (tertiary alicyclic amines) is 1. The van der Waals surface area contributed by atoms with Crippen molar-refractivity contribution in [2.45, 2.75) is 26.3 Å². The van der Waals surface area contributed by atoms with Crippen LogP contribution in [0.15, 0.2) is 23.8 Å². The summed E-state index contributed by atoms with van der Waals surface area (Å²) in [5.74, 6) is 1.67. The number of nitrogens with zero attached hydrogens (tertiary/aromatic N) is 3. The van der Waals surface area contributed by atoms with Crippen molar-refractivity contribution >= 4 is 27.6 Å². The highest BCUT2D eigenvalue weighted by Gasteiger charge is 2.37. The van der Waals surface area contributed by atoms with Crippen molar-refractivity contribution in [3.8, 4) is 5.88 Å². The van der Waals surface area contributed by atoms with E-state index >= 15 is 0 Å². The fourth-order valence-electron chi connectivity index (χ4n) is 3.92. The Bertz CT molecular complexity index is 784. The molecule has 0 aromatic carbocycles. The standard InChI is InChI=1S/C16H20N4OS2/c1-10-6-11(2)8-19(7-10)13(12-4-3-5-22-12)14-15(21)20-16(23-14)17-9-18-20/h3-5,9-11,13,21H,6-8H2,1-2H3/p+1/t10-,11-,13+/m1/s1. The summed E-state index contributed by atoms with van der Waals surface area (Å²) in [6, 6.07) is 4.45. The molecule has 0 unspecified atom stereocenters. The number of nitrogens with one attached hydrogen (secondary N) is 1. The molecule has 1 fully saturated rings. The van der Waals surface area contributed by atoms with Gasteiger partial charge < -0.3 is 10.0 Å². The van der Waals surface area contributed by atoms with Gasteiger partial charge in [-0.2, -0.15) is 9.61 Å². The van der Waals surface area contributed by atoms with E-state index in [2.05, 4.69) is 41.4 Å². The van der Waals surface area contributed by atoms with E-state index in [1.54, 1.807) is 32.1 Å². The topological polar surface area (TPSA) is 54.9 Å². The van der Waals surface area contributed by atoms with Gasteiger partial charge in [0.25, 0.3) is 0 Å². The number of aromatic hydroxyl groups is 1. The maximum Gasteiger partial charge on any atom is 0.235 e. The first-order valence-corrected chi connectivity index (χ1v) is 9.72. The maximum atomic E-state index is 10.7. The van der Waals surface area contributed by atoms with E-state index in [0.717, 1.165) is 22.9 Å². The van der Waals surface area contributed by atoms with Gasteiger partial charge in [-0.3, -0.25) is 0 Å². The first kappa shape index (κ1) is 15.1. The van der Waals surface area contributed by atoms with Crippen LogP contribution in [0, 0.1) is 11.8 Å². The Morgan fingerprint density at radius 2 is 2.13 bits per heavy atom. The molecule has 3 atom stereocenters. The van der Waals surface area contributed by atoms with Crippen LogP contribution in [-0.4, -0.2) is 32.8 Å². The summed E-state index contributed by atoms with van der Waals surface area (Å²) >= 11 is 3.33. The van der Waals surface area contributed by atoms with Gasteiger partial charge in [-0.15, -0.1) is 11.3 Å². The molecule has 4 rings (SSSR count). The van der Waals surface area contributed by atoms with Crippen LogP contribution in [0.5, 0.6) is 5.88 Å². The lowest BCUT2D eigenvalue weighted by Gasteiger charge is -2.36. The Labute approximate surface area is 143 Å². The van der Waals surface area contributed by atoms with Crippen LogP contribution in [0.2, 0.25) is 0 Å². The van der Waals surface area contributed by atoms with Crippen LogP contribution in [0.3, 0.4) is 0 Å². The minimum atomic E-state index is 0.175. The van der Waals surface area contributed by atoms with Crippen molar-refractivity contribution in [2.24, 2.45) is 11.8 Å². The van der Waals surface area contributed by atoms with Crippen molar-refractivity contribution in [3.05, 3.63) is 33.6 Å². The van der Waals surface area contributed by atoms with Crippen LogP contribution in [-0.2, 0) is 0 Å². The number of piperidine rings is 1. The smallest absolute Gasteiger partial charge is 0.235 e. The molecule has 1 saturated heterocycles. The predicted molar refractivity (Wildman–Crippen MR) is 92.3 cm³/mol. The van der Waals surface area contributed by atoms with E-state index in [-0.39, 0.29) is 11.9 Å². The first-order valence-electron chi connectivity index (χ1n) is 8.03. The number of aromatic nitrogens is 3. The van der Waals surface area contributed by atoms with E-state index in [1.807, 2.05) is 0 Å². The van der Waals surface area contributed by atoms with Crippen molar-refractivity contribution < 1.29 is 10.0 Å². The van der Waals surface area contributed by atoms with Crippen LogP contribution in [0.25, 0.3) is 4.96 Å². The van der Waals surface area contributed by atoms with Crippen molar-refractivity contribution in [3.63, 3.8) is 0 Å². The van der Waals surface area contributed by atoms with E-state index in [4.69, 9.17) is 0 Å². The second-order valence-corrected chi connectivity index (χ2v) is 8.69. The number of thiazole rings is 1. The third kappa shape index (κ3) is 2.66. The monoisotopic (exact) mass is 349 g/mol. The van der Waals surface area contributed by atoms with Crippen molar-refractivity contribution in [1.82, 2.24) is 14.6 Å². The Hall–Kier alpha value is -1.44. The average Bonchev–Trinajstić information content (AvgIpc) is 3.20. The molecule has 3 aromatic heterocycles. The fourth-order valence-corrected chi connectivity index (χ4v) is 5.99. The molecule has 5 nitrogen and oxygen atoms in total. The van der Waals surface area contributed by atoms with Gasteiger partial charge in [0.05, 0.1) is 18.0 Å². The summed E-state index contributed by atoms with van der Waals surface area (Å²) in [5, 5.41) is 16.9. The van der Waals surface area contributed by atoms with Crippen molar-refractivity contribution in [2.75, 3.05) is 13.1 Å². The molecule has 0 amide bonds. The summed E-state index contributed by atoms with van der Waals surface area (Å²) < 4.78 is 1.55. The summed E-state index contributed by atoms with van der Waals surface area (Å²) in [7, 11) is 0. The molecule has 0 spiro atoms. The third-order valence-electron chi connectivity index (χ3n) is 4.66. The molecule has 1 aliphatic heterocycles. The van der Waals surface area contributed by atoms with Crippen LogP contribution < -0.4 is 4.90 Å². The fraction of sp³-hybridized carbons (Fsp3) is 0.500. The van der Waals surface area contributed by atoms with Gasteiger partial charge >= 0.3 is 0 Å². The van der Waals surface area contributed by atoms with Gasteiger partial charge in [0.15, 0.2) is 6.04 Å². The predicted octanol–water partition coefficient (Wildman–Crippen LogP) is 2.21. The van der Waals surface area contributed by atoms with Gasteiger partial charge in [0.1, 0.15) is 11.2 Å². The lowest BCUT2D eigenvalue weighted by atomic mass is 9.90. The molecule has 0 radical (unpaired) electrons. The molecule has 7 heteroatoms. The minimum Gasteiger partial charge on any atom is -0.492 e. The summed E-state index contributed by atoms with van der Waals surface area (Å²) in [4.78, 5) is 8.84. The Morgan fingerprint density at radius 3 is 2.78 bits per heavy atom. The highest BCUT2D eigenvalue weighted by atomic mass is 32.1. The Kier molecular flexibility index (Phi) is 3.87. The molecule has 122 valence electrons. The second-order valence-electron chi connectivity index (χ2n) is 6.71. The summed E-state index contributed by atoms with van der Waals surface area (Å²) in [5.41, 5.74) is 0. The molecular formula is C16H21N4OS2+. The zero-order chi connectivity index (χ0) is 16.0. The molecule has 0 saturated carbocycles. The Morgan fingerprint density at radius 1 is 1.35 bits per heavy atom. The minimum absolute atomic E-state index is 0.175. The van der Waals surface area contributed by atoms with E-state index in [1.165, 1.54) is 17.6 Å². The number of quaternary nitrogens is 1. The van der Waals surface area contributed by atoms with Gasteiger partial charge in [-0.25, -0.2) is 4.98 Å². The molecule has 2 N–H and O–H groups in total. The lowest BCUT2D eigenvalue weighted by Crippen LogP contribution is -3.14. The summed E-state index contributed by atoms with van der Waals surface area (Å²) in [6.45, 7) is 6.95. The zero-order valence-electron chi connectivity index (χ0n) is 13.3. The zero-order valence-corrected chi connectivity index (χ0v) is 14.9. The van der Waals surface area contributed by atoms with Crippen LogP contribution >= 0.6 is 22.7 Å². The maximum absolute atomic E-state index is 10.7. The lowest BCUT2D eigenvalue weighted by molar-refractivity contribution is -0.936. The molecule has 1 aliphatic rings. The van der Waals surface area contributed by atoms with Gasteiger partial charge in [0, 0.05) is 11.8 Å². The molecule has 0 aliphatic carbocycles. The van der Waals surface area contributed by atoms with Crippen molar-refractivity contribution in [1.29, 1.82) is 0 Å². The molecule has 23 heavy (non-hydrogen) atoms. The van der Waals surface area contributed by atoms with E-state index in [9.17, 15) is 5.11 Å². The quantitative estimate of drug-likeness (QED) is 0.762. The van der Waals surface area contributed by atoms with Gasteiger partial charge in [-0.1, -0.05) is 31.3 Å². The van der Waals surface area contributed by atoms with E-state index in [0.29, 0.717) is 11.8 Å². The molecule has 3 aromatic rings. The normalized spacial score (nSPS) is 26.6. The number of rotatable bonds is 3. The van der Waals surface area contributed by atoms with Crippen LogP contribution in [0.4, 0.5) is 0 Å². The van der Waals surface area contributed by atoms with Gasteiger partial charge in [0.2, 0.25) is 10.8 Å². The number of fused-ring (bicyclic) bond motifs is 1. The van der Waals surface area contributed by atoms with Gasteiger partial charge in [-0.05, 0) is 17.9 Å². The number of hydrogen-bond acceptors (Lipinski definition) is 5. The molecule has 4 heterocycles. The number of hydrogen-bond donors (Lipinski definition) is 2. The average molecular weight is 350 g/mol. The summed E-state index contributed by atoms with van der Waals surface area (Å²) in [6.07, 6.45) is 2.79. The largest absolute Gasteiger partial charge is 0.492 e. The van der Waals surface area contributed by atoms with E-state index < -0.39 is 0 Å². The highest BCUT2D eigenvalue weighted by Crippen LogP contribution is 2.36. The first-order chi connectivity index (χ1) is 11.1. The SMILES string of the molecule is C[C@@H]1C[C@@H](C)C[NH+]([C@@H](c2cccs2)c2sc3ncnn3c2O)C1. The van der Waals surface area contributed by atoms with Crippen LogP contribution in [0.1, 0.15) is 36.1 Å². The molecular weight excluding hydrogens is 328 g/mol. The second kappa shape index (κ2) is 5.89. The Balaban J connectivity index is 1.79. The molecule has 0 bridgehead atoms.